The van der Waals surface area contributed by atoms with Gasteiger partial charge in [0, 0.05) is 16.2 Å². The molecule has 0 aliphatic carbocycles. The molecule has 0 amide bonds. The van der Waals surface area contributed by atoms with Gasteiger partial charge in [-0.05, 0) is 41.1 Å². The fraction of sp³-hybridized carbons (Fsp3) is 0.0909. The highest BCUT2D eigenvalue weighted by Gasteiger charge is 2.07. The van der Waals surface area contributed by atoms with E-state index in [4.69, 9.17) is 11.6 Å². The van der Waals surface area contributed by atoms with E-state index in [9.17, 15) is 4.79 Å². The first-order valence-electron chi connectivity index (χ1n) is 4.59. The first-order chi connectivity index (χ1) is 7.58. The number of hydrogen-bond donors (Lipinski definition) is 0. The highest BCUT2D eigenvalue weighted by atomic mass is 79.9. The number of aromatic nitrogens is 2. The summed E-state index contributed by atoms with van der Waals surface area (Å²) in [4.78, 5) is 11.2. The standard InChI is InChI=1S/C11H8BrClN2O/c1-7(16)10-3-2-9(4-11(10)12)15-6-8(13)5-14-15/h2-6H,1H3. The van der Waals surface area contributed by atoms with E-state index >= 15 is 0 Å². The maximum atomic E-state index is 11.2. The van der Waals surface area contributed by atoms with Gasteiger partial charge >= 0.3 is 0 Å². The summed E-state index contributed by atoms with van der Waals surface area (Å²) < 4.78 is 2.40. The molecule has 3 nitrogen and oxygen atoms in total. The molecule has 0 unspecified atom stereocenters. The molecule has 0 saturated carbocycles. The van der Waals surface area contributed by atoms with Crippen LogP contribution >= 0.6 is 27.5 Å². The van der Waals surface area contributed by atoms with Crippen LogP contribution in [0.5, 0.6) is 0 Å². The van der Waals surface area contributed by atoms with Gasteiger partial charge in [0.2, 0.25) is 0 Å². The van der Waals surface area contributed by atoms with Crippen LogP contribution in [-0.4, -0.2) is 15.6 Å². The van der Waals surface area contributed by atoms with Crippen molar-refractivity contribution in [1.29, 1.82) is 0 Å². The van der Waals surface area contributed by atoms with Crippen molar-refractivity contribution in [2.24, 2.45) is 0 Å². The van der Waals surface area contributed by atoms with Crippen molar-refractivity contribution in [3.05, 3.63) is 45.7 Å². The molecular formula is C11H8BrClN2O. The van der Waals surface area contributed by atoms with Crippen molar-refractivity contribution in [2.75, 3.05) is 0 Å². The number of benzene rings is 1. The van der Waals surface area contributed by atoms with E-state index in [0.29, 0.717) is 10.6 Å². The number of hydrogen-bond acceptors (Lipinski definition) is 2. The number of carbonyl (C=O) groups is 1. The quantitative estimate of drug-likeness (QED) is 0.796. The predicted molar refractivity (Wildman–Crippen MR) is 66.3 cm³/mol. The summed E-state index contributed by atoms with van der Waals surface area (Å²) >= 11 is 9.14. The zero-order valence-electron chi connectivity index (χ0n) is 8.45. The lowest BCUT2D eigenvalue weighted by molar-refractivity contribution is 0.101. The summed E-state index contributed by atoms with van der Waals surface area (Å²) in [6.07, 6.45) is 3.27. The molecule has 1 heterocycles. The monoisotopic (exact) mass is 298 g/mol. The van der Waals surface area contributed by atoms with E-state index < -0.39 is 0 Å². The summed E-state index contributed by atoms with van der Waals surface area (Å²) in [6.45, 7) is 1.53. The molecule has 0 saturated heterocycles. The van der Waals surface area contributed by atoms with Gasteiger partial charge in [-0.25, -0.2) is 4.68 Å². The SMILES string of the molecule is CC(=O)c1ccc(-n2cc(Cl)cn2)cc1Br. The van der Waals surface area contributed by atoms with Gasteiger partial charge in [-0.3, -0.25) is 4.79 Å². The van der Waals surface area contributed by atoms with E-state index in [0.717, 1.165) is 10.2 Å². The van der Waals surface area contributed by atoms with Crippen LogP contribution < -0.4 is 0 Å². The number of rotatable bonds is 2. The molecule has 1 aromatic heterocycles. The third-order valence-electron chi connectivity index (χ3n) is 2.15. The highest BCUT2D eigenvalue weighted by Crippen LogP contribution is 2.21. The Kier molecular flexibility index (Phi) is 3.12. The molecule has 2 aromatic rings. The Labute approximate surface area is 106 Å². The molecule has 0 radical (unpaired) electrons. The number of carbonyl (C=O) groups excluding carboxylic acids is 1. The molecule has 0 aliphatic rings. The van der Waals surface area contributed by atoms with Crippen LogP contribution in [0.2, 0.25) is 5.02 Å². The van der Waals surface area contributed by atoms with Gasteiger partial charge in [0.05, 0.1) is 16.9 Å². The number of halogens is 2. The second kappa shape index (κ2) is 4.39. The molecule has 1 aromatic carbocycles. The molecule has 0 atom stereocenters. The Hall–Kier alpha value is -1.13. The summed E-state index contributed by atoms with van der Waals surface area (Å²) in [6, 6.07) is 5.42. The topological polar surface area (TPSA) is 34.9 Å². The van der Waals surface area contributed by atoms with Gasteiger partial charge in [-0.15, -0.1) is 0 Å². The van der Waals surface area contributed by atoms with Gasteiger partial charge in [-0.2, -0.15) is 5.10 Å². The third kappa shape index (κ3) is 2.18. The minimum absolute atomic E-state index is 0.0249. The van der Waals surface area contributed by atoms with Crippen LogP contribution in [0.4, 0.5) is 0 Å². The van der Waals surface area contributed by atoms with Crippen LogP contribution in [0.15, 0.2) is 35.1 Å². The Bertz CT molecular complexity index is 551. The lowest BCUT2D eigenvalue weighted by Crippen LogP contribution is -1.98. The van der Waals surface area contributed by atoms with Crippen LogP contribution in [-0.2, 0) is 0 Å². The maximum absolute atomic E-state index is 11.2. The van der Waals surface area contributed by atoms with Crippen LogP contribution in [0.25, 0.3) is 5.69 Å². The summed E-state index contributed by atoms with van der Waals surface area (Å²) in [5.41, 5.74) is 1.51. The molecule has 0 aliphatic heterocycles. The van der Waals surface area contributed by atoms with Crippen LogP contribution in [0, 0.1) is 0 Å². The number of Topliss-reactive ketones (excluding diaryl/α,β-unsaturated/α-hetero) is 1. The van der Waals surface area contributed by atoms with Crippen molar-refractivity contribution in [2.45, 2.75) is 6.92 Å². The van der Waals surface area contributed by atoms with E-state index in [1.54, 1.807) is 23.1 Å². The van der Waals surface area contributed by atoms with Crippen molar-refractivity contribution in [3.8, 4) is 5.69 Å². The number of ketones is 1. The van der Waals surface area contributed by atoms with Crippen LogP contribution in [0.1, 0.15) is 17.3 Å². The van der Waals surface area contributed by atoms with Gasteiger partial charge in [0.1, 0.15) is 0 Å². The second-order valence-electron chi connectivity index (χ2n) is 3.32. The lowest BCUT2D eigenvalue weighted by atomic mass is 10.1. The largest absolute Gasteiger partial charge is 0.294 e. The van der Waals surface area contributed by atoms with E-state index in [1.165, 1.54) is 6.92 Å². The molecule has 16 heavy (non-hydrogen) atoms. The average Bonchev–Trinajstić information content (AvgIpc) is 2.64. The number of nitrogens with zero attached hydrogens (tertiary/aromatic N) is 2. The molecule has 0 N–H and O–H groups in total. The molecule has 0 spiro atoms. The van der Waals surface area contributed by atoms with Crippen LogP contribution in [0.3, 0.4) is 0 Å². The van der Waals surface area contributed by atoms with Crippen molar-refractivity contribution >= 4 is 33.3 Å². The first-order valence-corrected chi connectivity index (χ1v) is 5.76. The highest BCUT2D eigenvalue weighted by molar-refractivity contribution is 9.10. The van der Waals surface area contributed by atoms with Gasteiger partial charge in [0.15, 0.2) is 5.78 Å². The normalized spacial score (nSPS) is 10.4. The van der Waals surface area contributed by atoms with E-state index in [1.807, 2.05) is 12.1 Å². The van der Waals surface area contributed by atoms with E-state index in [-0.39, 0.29) is 5.78 Å². The Morgan fingerprint density at radius 1 is 1.50 bits per heavy atom. The fourth-order valence-corrected chi connectivity index (χ4v) is 2.16. The van der Waals surface area contributed by atoms with E-state index in [2.05, 4.69) is 21.0 Å². The molecule has 5 heteroatoms. The third-order valence-corrected chi connectivity index (χ3v) is 3.00. The van der Waals surface area contributed by atoms with Crippen molar-refractivity contribution in [3.63, 3.8) is 0 Å². The first kappa shape index (κ1) is 11.4. The maximum Gasteiger partial charge on any atom is 0.160 e. The van der Waals surface area contributed by atoms with Crippen molar-refractivity contribution in [1.82, 2.24) is 9.78 Å². The fourth-order valence-electron chi connectivity index (χ4n) is 1.37. The molecular weight excluding hydrogens is 291 g/mol. The second-order valence-corrected chi connectivity index (χ2v) is 4.61. The van der Waals surface area contributed by atoms with Crippen molar-refractivity contribution < 1.29 is 4.79 Å². The minimum atomic E-state index is 0.0249. The average molecular weight is 300 g/mol. The summed E-state index contributed by atoms with van der Waals surface area (Å²) in [5.74, 6) is 0.0249. The zero-order valence-corrected chi connectivity index (χ0v) is 10.8. The Morgan fingerprint density at radius 2 is 2.25 bits per heavy atom. The Morgan fingerprint density at radius 3 is 2.75 bits per heavy atom. The summed E-state index contributed by atoms with van der Waals surface area (Å²) in [7, 11) is 0. The molecule has 82 valence electrons. The zero-order chi connectivity index (χ0) is 11.7. The lowest BCUT2D eigenvalue weighted by Gasteiger charge is -2.04. The predicted octanol–water partition coefficient (Wildman–Crippen LogP) is 3.49. The molecule has 2 rings (SSSR count). The van der Waals surface area contributed by atoms with Gasteiger partial charge in [0.25, 0.3) is 0 Å². The summed E-state index contributed by atoms with van der Waals surface area (Å²) in [5, 5.41) is 4.66. The van der Waals surface area contributed by atoms with Gasteiger partial charge < -0.3 is 0 Å². The molecule has 0 bridgehead atoms. The van der Waals surface area contributed by atoms with Gasteiger partial charge in [-0.1, -0.05) is 11.6 Å². The minimum Gasteiger partial charge on any atom is -0.294 e. The molecule has 0 fully saturated rings. The Balaban J connectivity index is 2.45. The smallest absolute Gasteiger partial charge is 0.160 e.